The molecule has 2 aromatic carbocycles. The summed E-state index contributed by atoms with van der Waals surface area (Å²) in [5.41, 5.74) is 7.04. The third-order valence-corrected chi connectivity index (χ3v) is 5.16. The fraction of sp³-hybridized carbons (Fsp3) is 0.278. The van der Waals surface area contributed by atoms with Gasteiger partial charge in [0.2, 0.25) is 5.91 Å². The highest BCUT2D eigenvalue weighted by Crippen LogP contribution is 2.39. The average Bonchev–Trinajstić information content (AvgIpc) is 2.43. The van der Waals surface area contributed by atoms with Crippen LogP contribution in [0.5, 0.6) is 0 Å². The van der Waals surface area contributed by atoms with Crippen molar-refractivity contribution in [3.63, 3.8) is 0 Å². The third-order valence-electron chi connectivity index (χ3n) is 4.30. The molecule has 0 spiro atoms. The number of aryl methyl sites for hydroxylation is 3. The SMILES string of the molecule is Cc1cc2c(cc1C)[C@@H](c1ccc(C)c(Br)c1)CC(=O)N2. The molecule has 0 fully saturated rings. The summed E-state index contributed by atoms with van der Waals surface area (Å²) in [5, 5.41) is 3.00. The Hall–Kier alpha value is -1.61. The second-order valence-electron chi connectivity index (χ2n) is 5.84. The van der Waals surface area contributed by atoms with Crippen LogP contribution in [0.1, 0.15) is 40.2 Å². The lowest BCUT2D eigenvalue weighted by atomic mass is 9.83. The van der Waals surface area contributed by atoms with Crippen molar-refractivity contribution in [1.29, 1.82) is 0 Å². The van der Waals surface area contributed by atoms with Crippen LogP contribution >= 0.6 is 15.9 Å². The van der Waals surface area contributed by atoms with Gasteiger partial charge in [-0.05, 0) is 60.7 Å². The maximum Gasteiger partial charge on any atom is 0.225 e. The second kappa shape index (κ2) is 5.30. The molecule has 21 heavy (non-hydrogen) atoms. The molecule has 0 unspecified atom stereocenters. The summed E-state index contributed by atoms with van der Waals surface area (Å²) in [4.78, 5) is 12.0. The lowest BCUT2D eigenvalue weighted by Gasteiger charge is -2.27. The van der Waals surface area contributed by atoms with Crippen LogP contribution in [0.4, 0.5) is 5.69 Å². The van der Waals surface area contributed by atoms with E-state index in [9.17, 15) is 4.79 Å². The molecule has 3 heteroatoms. The van der Waals surface area contributed by atoms with E-state index in [0.717, 1.165) is 10.2 Å². The molecule has 0 aliphatic carbocycles. The van der Waals surface area contributed by atoms with Crippen LogP contribution < -0.4 is 5.32 Å². The lowest BCUT2D eigenvalue weighted by molar-refractivity contribution is -0.116. The molecule has 0 bridgehead atoms. The van der Waals surface area contributed by atoms with E-state index in [1.807, 2.05) is 0 Å². The highest BCUT2D eigenvalue weighted by Gasteiger charge is 2.27. The molecular formula is C18H18BrNO. The highest BCUT2D eigenvalue weighted by atomic mass is 79.9. The molecule has 2 aromatic rings. The Kier molecular flexibility index (Phi) is 3.62. The zero-order valence-corrected chi connectivity index (χ0v) is 14.0. The average molecular weight is 344 g/mol. The van der Waals surface area contributed by atoms with E-state index in [1.54, 1.807) is 0 Å². The molecule has 1 N–H and O–H groups in total. The predicted molar refractivity (Wildman–Crippen MR) is 89.9 cm³/mol. The predicted octanol–water partition coefficient (Wildman–Crippen LogP) is 4.85. The number of hydrogen-bond acceptors (Lipinski definition) is 1. The molecule has 0 radical (unpaired) electrons. The summed E-state index contributed by atoms with van der Waals surface area (Å²) in [6.07, 6.45) is 0.505. The molecule has 0 aromatic heterocycles. The number of nitrogens with one attached hydrogen (secondary N) is 1. The van der Waals surface area contributed by atoms with E-state index in [-0.39, 0.29) is 11.8 Å². The zero-order valence-electron chi connectivity index (χ0n) is 12.5. The standard InChI is InChI=1S/C18H18BrNO/c1-10-4-5-13(8-16(10)19)14-9-18(21)20-17-7-12(3)11(2)6-15(14)17/h4-8,14H,9H2,1-3H3,(H,20,21)/t14-/m1/s1. The number of halogens is 1. The van der Waals surface area contributed by atoms with Crippen LogP contribution in [0.3, 0.4) is 0 Å². The monoisotopic (exact) mass is 343 g/mol. The van der Waals surface area contributed by atoms with Crippen molar-refractivity contribution < 1.29 is 4.79 Å². The van der Waals surface area contributed by atoms with Gasteiger partial charge in [-0.25, -0.2) is 0 Å². The minimum absolute atomic E-state index is 0.0902. The van der Waals surface area contributed by atoms with Gasteiger partial charge in [-0.1, -0.05) is 34.1 Å². The molecule has 108 valence electrons. The maximum atomic E-state index is 12.0. The molecule has 0 saturated heterocycles. The molecule has 2 nitrogen and oxygen atoms in total. The van der Waals surface area contributed by atoms with Gasteiger partial charge in [-0.2, -0.15) is 0 Å². The van der Waals surface area contributed by atoms with E-state index < -0.39 is 0 Å². The van der Waals surface area contributed by atoms with Crippen LogP contribution in [-0.2, 0) is 4.79 Å². The van der Waals surface area contributed by atoms with Gasteiger partial charge in [0.1, 0.15) is 0 Å². The van der Waals surface area contributed by atoms with Gasteiger partial charge in [0.05, 0.1) is 0 Å². The molecular weight excluding hydrogens is 326 g/mol. The van der Waals surface area contributed by atoms with Gasteiger partial charge >= 0.3 is 0 Å². The van der Waals surface area contributed by atoms with Crippen molar-refractivity contribution in [1.82, 2.24) is 0 Å². The number of rotatable bonds is 1. The number of amides is 1. The van der Waals surface area contributed by atoms with Gasteiger partial charge < -0.3 is 5.32 Å². The number of hydrogen-bond donors (Lipinski definition) is 1. The Morgan fingerprint density at radius 2 is 1.76 bits per heavy atom. The van der Waals surface area contributed by atoms with E-state index >= 15 is 0 Å². The van der Waals surface area contributed by atoms with Crippen LogP contribution in [0, 0.1) is 20.8 Å². The normalized spacial score (nSPS) is 17.3. The minimum Gasteiger partial charge on any atom is -0.326 e. The Morgan fingerprint density at radius 1 is 1.05 bits per heavy atom. The number of carbonyl (C=O) groups is 1. The van der Waals surface area contributed by atoms with Crippen molar-refractivity contribution in [3.05, 3.63) is 62.6 Å². The summed E-state index contributed by atoms with van der Waals surface area (Å²) < 4.78 is 1.09. The van der Waals surface area contributed by atoms with Crippen molar-refractivity contribution >= 4 is 27.5 Å². The summed E-state index contributed by atoms with van der Waals surface area (Å²) in [7, 11) is 0. The lowest BCUT2D eigenvalue weighted by Crippen LogP contribution is -2.23. The molecule has 1 amide bonds. The first kappa shape index (κ1) is 14.3. The van der Waals surface area contributed by atoms with E-state index in [1.165, 1.54) is 27.8 Å². The summed E-state index contributed by atoms with van der Waals surface area (Å²) >= 11 is 3.59. The van der Waals surface area contributed by atoms with Crippen molar-refractivity contribution in [2.75, 3.05) is 5.32 Å². The summed E-state index contributed by atoms with van der Waals surface area (Å²) in [6, 6.07) is 10.7. The van der Waals surface area contributed by atoms with Gasteiger partial charge in [-0.15, -0.1) is 0 Å². The first-order valence-electron chi connectivity index (χ1n) is 7.12. The second-order valence-corrected chi connectivity index (χ2v) is 6.69. The van der Waals surface area contributed by atoms with Gasteiger partial charge in [0.15, 0.2) is 0 Å². The Balaban J connectivity index is 2.14. The molecule has 1 atom stereocenters. The van der Waals surface area contributed by atoms with Crippen LogP contribution in [0.25, 0.3) is 0 Å². The molecule has 1 aliphatic rings. The van der Waals surface area contributed by atoms with E-state index in [4.69, 9.17) is 0 Å². The number of fused-ring (bicyclic) bond motifs is 1. The minimum atomic E-state index is 0.0902. The topological polar surface area (TPSA) is 29.1 Å². The Morgan fingerprint density at radius 3 is 2.48 bits per heavy atom. The van der Waals surface area contributed by atoms with Crippen molar-refractivity contribution in [2.24, 2.45) is 0 Å². The largest absolute Gasteiger partial charge is 0.326 e. The van der Waals surface area contributed by atoms with Gasteiger partial charge in [0.25, 0.3) is 0 Å². The van der Waals surface area contributed by atoms with Crippen molar-refractivity contribution in [3.8, 4) is 0 Å². The van der Waals surface area contributed by atoms with Crippen LogP contribution in [-0.4, -0.2) is 5.91 Å². The Bertz CT molecular complexity index is 736. The van der Waals surface area contributed by atoms with Crippen molar-refractivity contribution in [2.45, 2.75) is 33.1 Å². The quantitative estimate of drug-likeness (QED) is 0.787. The first-order valence-corrected chi connectivity index (χ1v) is 7.92. The molecule has 1 heterocycles. The summed E-state index contributed by atoms with van der Waals surface area (Å²) in [5.74, 6) is 0.220. The van der Waals surface area contributed by atoms with Crippen LogP contribution in [0.2, 0.25) is 0 Å². The van der Waals surface area contributed by atoms with Crippen LogP contribution in [0.15, 0.2) is 34.8 Å². The third kappa shape index (κ3) is 2.62. The van der Waals surface area contributed by atoms with Gasteiger partial charge in [-0.3, -0.25) is 4.79 Å². The number of anilines is 1. The van der Waals surface area contributed by atoms with E-state index in [2.05, 4.69) is 72.3 Å². The maximum absolute atomic E-state index is 12.0. The Labute approximate surface area is 133 Å². The zero-order chi connectivity index (χ0) is 15.1. The van der Waals surface area contributed by atoms with Gasteiger partial charge in [0, 0.05) is 22.5 Å². The fourth-order valence-electron chi connectivity index (χ4n) is 2.85. The smallest absolute Gasteiger partial charge is 0.225 e. The fourth-order valence-corrected chi connectivity index (χ4v) is 3.25. The molecule has 1 aliphatic heterocycles. The first-order chi connectivity index (χ1) is 9.95. The number of carbonyl (C=O) groups excluding carboxylic acids is 1. The summed E-state index contributed by atoms with van der Waals surface area (Å²) in [6.45, 7) is 6.27. The molecule has 3 rings (SSSR count). The highest BCUT2D eigenvalue weighted by molar-refractivity contribution is 9.10. The number of benzene rings is 2. The van der Waals surface area contributed by atoms with E-state index in [0.29, 0.717) is 6.42 Å². The molecule has 0 saturated carbocycles.